The van der Waals surface area contributed by atoms with Gasteiger partial charge in [0.1, 0.15) is 5.78 Å². The topological polar surface area (TPSA) is 78.0 Å². The van der Waals surface area contributed by atoms with Crippen LogP contribution in [0.15, 0.2) is 24.4 Å². The summed E-state index contributed by atoms with van der Waals surface area (Å²) in [5.74, 6) is 0.0663. The predicted octanol–water partition coefficient (Wildman–Crippen LogP) is 2.48. The summed E-state index contributed by atoms with van der Waals surface area (Å²) in [5, 5.41) is 15.8. The maximum Gasteiger partial charge on any atom is 0.271 e. The lowest BCUT2D eigenvalue weighted by atomic mass is 10.1. The van der Waals surface area contributed by atoms with E-state index >= 15 is 0 Å². The fraction of sp³-hybridized carbons (Fsp3) is 0.333. The van der Waals surface area contributed by atoms with Crippen molar-refractivity contribution in [3.05, 3.63) is 34.5 Å². The third-order valence-electron chi connectivity index (χ3n) is 2.79. The highest BCUT2D eigenvalue weighted by molar-refractivity contribution is 5.81. The van der Waals surface area contributed by atoms with Gasteiger partial charge in [0, 0.05) is 23.9 Å². The van der Waals surface area contributed by atoms with Gasteiger partial charge in [0.25, 0.3) is 5.69 Å². The Hall–Kier alpha value is -2.24. The maximum atomic E-state index is 11.1. The molecule has 0 fully saturated rings. The molecule has 94 valence electrons. The molecule has 2 rings (SSSR count). The lowest BCUT2D eigenvalue weighted by Crippen LogP contribution is -2.10. The predicted molar refractivity (Wildman–Crippen MR) is 66.4 cm³/mol. The van der Waals surface area contributed by atoms with Gasteiger partial charge in [-0.2, -0.15) is 5.10 Å². The number of hydrogen-bond donors (Lipinski definition) is 0. The Labute approximate surface area is 103 Å². The number of hydrogen-bond acceptors (Lipinski definition) is 4. The van der Waals surface area contributed by atoms with E-state index in [1.165, 1.54) is 19.1 Å². The Morgan fingerprint density at radius 1 is 1.56 bits per heavy atom. The van der Waals surface area contributed by atoms with Crippen molar-refractivity contribution in [2.75, 3.05) is 0 Å². The molecule has 6 nitrogen and oxygen atoms in total. The highest BCUT2D eigenvalue weighted by Gasteiger charge is 2.14. The number of rotatable bonds is 4. The second-order valence-corrected chi connectivity index (χ2v) is 4.34. The number of carbonyl (C=O) groups is 1. The molecule has 6 heteroatoms. The van der Waals surface area contributed by atoms with E-state index in [2.05, 4.69) is 5.10 Å². The van der Waals surface area contributed by atoms with Gasteiger partial charge < -0.3 is 0 Å². The summed E-state index contributed by atoms with van der Waals surface area (Å²) in [7, 11) is 0. The first-order valence-corrected chi connectivity index (χ1v) is 5.60. The van der Waals surface area contributed by atoms with Crippen molar-refractivity contribution in [3.63, 3.8) is 0 Å². The molecule has 0 bridgehead atoms. The molecular weight excluding hydrogens is 234 g/mol. The number of benzene rings is 1. The smallest absolute Gasteiger partial charge is 0.271 e. The first kappa shape index (κ1) is 12.2. The number of carbonyl (C=O) groups excluding carboxylic acids is 1. The number of Topliss-reactive ketones (excluding diaryl/α,β-unsaturated/α-hetero) is 1. The van der Waals surface area contributed by atoms with E-state index in [9.17, 15) is 14.9 Å². The summed E-state index contributed by atoms with van der Waals surface area (Å²) in [5.41, 5.74) is 0.706. The zero-order valence-corrected chi connectivity index (χ0v) is 10.2. The highest BCUT2D eigenvalue weighted by Crippen LogP contribution is 2.24. The molecule has 0 saturated heterocycles. The fourth-order valence-electron chi connectivity index (χ4n) is 1.99. The minimum absolute atomic E-state index is 0.0271. The normalized spacial score (nSPS) is 12.6. The summed E-state index contributed by atoms with van der Waals surface area (Å²) < 4.78 is 1.66. The van der Waals surface area contributed by atoms with Gasteiger partial charge in [-0.3, -0.25) is 19.6 Å². The largest absolute Gasteiger partial charge is 0.300 e. The van der Waals surface area contributed by atoms with Gasteiger partial charge in [0.05, 0.1) is 22.7 Å². The van der Waals surface area contributed by atoms with Crippen LogP contribution in [0.2, 0.25) is 0 Å². The molecule has 1 atom stereocenters. The Balaban J connectivity index is 2.48. The van der Waals surface area contributed by atoms with Gasteiger partial charge in [-0.15, -0.1) is 0 Å². The molecule has 0 aliphatic rings. The Morgan fingerprint density at radius 3 is 2.89 bits per heavy atom. The van der Waals surface area contributed by atoms with Crippen molar-refractivity contribution < 1.29 is 9.72 Å². The van der Waals surface area contributed by atoms with Crippen molar-refractivity contribution in [2.24, 2.45) is 0 Å². The Morgan fingerprint density at radius 2 is 2.28 bits per heavy atom. The van der Waals surface area contributed by atoms with Gasteiger partial charge in [-0.05, 0) is 19.9 Å². The molecule has 18 heavy (non-hydrogen) atoms. The van der Waals surface area contributed by atoms with Crippen LogP contribution in [0.3, 0.4) is 0 Å². The van der Waals surface area contributed by atoms with Crippen LogP contribution in [0.1, 0.15) is 26.3 Å². The van der Waals surface area contributed by atoms with E-state index in [1.807, 2.05) is 6.92 Å². The van der Waals surface area contributed by atoms with Crippen molar-refractivity contribution >= 4 is 22.4 Å². The number of aromatic nitrogens is 2. The standard InChI is InChI=1S/C12H13N3O3/c1-8(5-9(2)16)14-12-6-11(15(17)18)4-3-10(12)7-13-14/h3-4,6-8H,5H2,1-2H3. The van der Waals surface area contributed by atoms with Gasteiger partial charge in [0.2, 0.25) is 0 Å². The van der Waals surface area contributed by atoms with Gasteiger partial charge in [-0.25, -0.2) is 0 Å². The lowest BCUT2D eigenvalue weighted by Gasteiger charge is -2.11. The van der Waals surface area contributed by atoms with Crippen LogP contribution in [0.4, 0.5) is 5.69 Å². The summed E-state index contributed by atoms with van der Waals surface area (Å²) >= 11 is 0. The number of nitrogens with zero attached hydrogens (tertiary/aromatic N) is 3. The van der Waals surface area contributed by atoms with Crippen LogP contribution in [-0.2, 0) is 4.79 Å². The molecule has 0 radical (unpaired) electrons. The lowest BCUT2D eigenvalue weighted by molar-refractivity contribution is -0.384. The average Bonchev–Trinajstić information content (AvgIpc) is 2.70. The highest BCUT2D eigenvalue weighted by atomic mass is 16.6. The average molecular weight is 247 g/mol. The molecule has 0 amide bonds. The van der Waals surface area contributed by atoms with Crippen molar-refractivity contribution in [2.45, 2.75) is 26.3 Å². The minimum Gasteiger partial charge on any atom is -0.300 e. The van der Waals surface area contributed by atoms with Crippen molar-refractivity contribution in [1.29, 1.82) is 0 Å². The second-order valence-electron chi connectivity index (χ2n) is 4.34. The SMILES string of the molecule is CC(=O)CC(C)n1ncc2ccc([N+](=O)[O-])cc21. The van der Waals surface area contributed by atoms with Crippen LogP contribution in [0.5, 0.6) is 0 Å². The van der Waals surface area contributed by atoms with E-state index in [-0.39, 0.29) is 17.5 Å². The zero-order valence-electron chi connectivity index (χ0n) is 10.2. The molecule has 0 N–H and O–H groups in total. The molecular formula is C12H13N3O3. The van der Waals surface area contributed by atoms with Gasteiger partial charge in [0.15, 0.2) is 0 Å². The maximum absolute atomic E-state index is 11.1. The van der Waals surface area contributed by atoms with Crippen LogP contribution < -0.4 is 0 Å². The Kier molecular flexibility index (Phi) is 3.10. The van der Waals surface area contributed by atoms with E-state index in [0.29, 0.717) is 11.9 Å². The van der Waals surface area contributed by atoms with Crippen LogP contribution >= 0.6 is 0 Å². The molecule has 0 aliphatic carbocycles. The molecule has 0 aliphatic heterocycles. The third-order valence-corrected chi connectivity index (χ3v) is 2.79. The number of ketones is 1. The number of nitro groups is 1. The fourth-order valence-corrected chi connectivity index (χ4v) is 1.99. The van der Waals surface area contributed by atoms with Gasteiger partial charge in [-0.1, -0.05) is 0 Å². The summed E-state index contributed by atoms with van der Waals surface area (Å²) in [6.45, 7) is 3.39. The summed E-state index contributed by atoms with van der Waals surface area (Å²) in [6.07, 6.45) is 2.01. The second kappa shape index (κ2) is 4.56. The Bertz CT molecular complexity index is 618. The third kappa shape index (κ3) is 2.22. The molecule has 0 spiro atoms. The molecule has 2 aromatic rings. The molecule has 1 heterocycles. The quantitative estimate of drug-likeness (QED) is 0.614. The first-order valence-electron chi connectivity index (χ1n) is 5.60. The van der Waals surface area contributed by atoms with E-state index < -0.39 is 4.92 Å². The van der Waals surface area contributed by atoms with E-state index in [4.69, 9.17) is 0 Å². The number of non-ortho nitro benzene ring substituents is 1. The van der Waals surface area contributed by atoms with E-state index in [0.717, 1.165) is 5.39 Å². The molecule has 1 unspecified atom stereocenters. The van der Waals surface area contributed by atoms with Crippen LogP contribution in [0.25, 0.3) is 10.9 Å². The minimum atomic E-state index is -0.438. The zero-order chi connectivity index (χ0) is 13.3. The monoisotopic (exact) mass is 247 g/mol. The number of fused-ring (bicyclic) bond motifs is 1. The van der Waals surface area contributed by atoms with Gasteiger partial charge >= 0.3 is 0 Å². The van der Waals surface area contributed by atoms with E-state index in [1.54, 1.807) is 16.9 Å². The summed E-state index contributed by atoms with van der Waals surface area (Å²) in [4.78, 5) is 21.4. The number of nitro benzene ring substituents is 1. The van der Waals surface area contributed by atoms with Crippen LogP contribution in [0, 0.1) is 10.1 Å². The van der Waals surface area contributed by atoms with Crippen LogP contribution in [-0.4, -0.2) is 20.5 Å². The van der Waals surface area contributed by atoms with Crippen molar-refractivity contribution in [1.82, 2.24) is 9.78 Å². The molecule has 1 aromatic heterocycles. The van der Waals surface area contributed by atoms with Crippen molar-refractivity contribution in [3.8, 4) is 0 Å². The molecule has 1 aromatic carbocycles. The molecule has 0 saturated carbocycles. The summed E-state index contributed by atoms with van der Waals surface area (Å²) in [6, 6.07) is 4.49. The first-order chi connectivity index (χ1) is 8.49.